The maximum atomic E-state index is 5.52. The van der Waals surface area contributed by atoms with Gasteiger partial charge in [0.05, 0.1) is 6.10 Å². The Hall–Kier alpha value is -0.0800. The topological polar surface area (TPSA) is 18.5 Å². The van der Waals surface area contributed by atoms with Gasteiger partial charge < -0.3 is 9.47 Å². The fraction of sp³-hybridized carbons (Fsp3) is 1.00. The first kappa shape index (κ1) is 11.9. The number of hydrogen-bond acceptors (Lipinski definition) is 2. The maximum Gasteiger partial charge on any atom is 0.155 e. The third kappa shape index (κ3) is 6.62. The van der Waals surface area contributed by atoms with Crippen LogP contribution in [0.25, 0.3) is 0 Å². The van der Waals surface area contributed by atoms with Crippen molar-refractivity contribution in [2.45, 2.75) is 59.4 Å². The van der Waals surface area contributed by atoms with Gasteiger partial charge in [0.1, 0.15) is 0 Å². The van der Waals surface area contributed by atoms with Gasteiger partial charge in [-0.1, -0.05) is 20.3 Å². The van der Waals surface area contributed by atoms with Crippen LogP contribution in [0.4, 0.5) is 0 Å². The summed E-state index contributed by atoms with van der Waals surface area (Å²) in [6, 6.07) is 0. The highest BCUT2D eigenvalue weighted by Crippen LogP contribution is 2.03. The normalized spacial score (nSPS) is 16.0. The molecule has 2 unspecified atom stereocenters. The van der Waals surface area contributed by atoms with Crippen LogP contribution in [0, 0.1) is 0 Å². The molecule has 0 radical (unpaired) electrons. The molecular formula is C10H22O2. The second kappa shape index (κ2) is 7.56. The highest BCUT2D eigenvalue weighted by atomic mass is 16.7. The Bertz CT molecular complexity index is 93.8. The summed E-state index contributed by atoms with van der Waals surface area (Å²) in [4.78, 5) is 0. The van der Waals surface area contributed by atoms with Gasteiger partial charge in [-0.05, 0) is 26.7 Å². The molecule has 0 aromatic carbocycles. The monoisotopic (exact) mass is 174 g/mol. The van der Waals surface area contributed by atoms with E-state index in [-0.39, 0.29) is 6.29 Å². The van der Waals surface area contributed by atoms with Crippen molar-refractivity contribution in [1.82, 2.24) is 0 Å². The van der Waals surface area contributed by atoms with Crippen molar-refractivity contribution in [1.29, 1.82) is 0 Å². The van der Waals surface area contributed by atoms with Crippen molar-refractivity contribution in [3.05, 3.63) is 0 Å². The highest BCUT2D eigenvalue weighted by molar-refractivity contribution is 4.45. The minimum atomic E-state index is -0.0495. The Morgan fingerprint density at radius 3 is 2.33 bits per heavy atom. The molecule has 12 heavy (non-hydrogen) atoms. The van der Waals surface area contributed by atoms with E-state index in [1.165, 1.54) is 6.42 Å². The van der Waals surface area contributed by atoms with E-state index in [4.69, 9.17) is 9.47 Å². The number of ether oxygens (including phenoxy) is 2. The summed E-state index contributed by atoms with van der Waals surface area (Å²) >= 11 is 0. The Morgan fingerprint density at radius 1 is 1.17 bits per heavy atom. The van der Waals surface area contributed by atoms with E-state index in [1.807, 2.05) is 6.92 Å². The minimum Gasteiger partial charge on any atom is -0.353 e. The molecule has 0 N–H and O–H groups in total. The van der Waals surface area contributed by atoms with Crippen molar-refractivity contribution in [3.63, 3.8) is 0 Å². The third-order valence-electron chi connectivity index (χ3n) is 1.85. The minimum absolute atomic E-state index is 0.0495. The summed E-state index contributed by atoms with van der Waals surface area (Å²) in [6.45, 7) is 9.11. The molecule has 0 aromatic rings. The Morgan fingerprint density at radius 2 is 1.83 bits per heavy atom. The molecule has 0 aliphatic rings. The van der Waals surface area contributed by atoms with E-state index < -0.39 is 0 Å². The summed E-state index contributed by atoms with van der Waals surface area (Å²) in [5.74, 6) is 0. The van der Waals surface area contributed by atoms with Crippen molar-refractivity contribution < 1.29 is 9.47 Å². The van der Waals surface area contributed by atoms with Gasteiger partial charge >= 0.3 is 0 Å². The molecule has 0 aromatic heterocycles. The molecule has 2 nitrogen and oxygen atoms in total. The van der Waals surface area contributed by atoms with Gasteiger partial charge in [0.25, 0.3) is 0 Å². The summed E-state index contributed by atoms with van der Waals surface area (Å²) in [6.07, 6.45) is 3.60. The van der Waals surface area contributed by atoms with E-state index in [1.54, 1.807) is 0 Å². The van der Waals surface area contributed by atoms with Crippen LogP contribution in [0.5, 0.6) is 0 Å². The van der Waals surface area contributed by atoms with Gasteiger partial charge in [-0.15, -0.1) is 0 Å². The van der Waals surface area contributed by atoms with E-state index in [0.717, 1.165) is 19.4 Å². The summed E-state index contributed by atoms with van der Waals surface area (Å²) in [5.41, 5.74) is 0. The lowest BCUT2D eigenvalue weighted by molar-refractivity contribution is -0.156. The first-order valence-electron chi connectivity index (χ1n) is 4.97. The van der Waals surface area contributed by atoms with Crippen LogP contribution in [-0.4, -0.2) is 19.0 Å². The Balaban J connectivity index is 3.26. The van der Waals surface area contributed by atoms with Gasteiger partial charge in [-0.2, -0.15) is 0 Å². The molecule has 0 saturated carbocycles. The second-order valence-electron chi connectivity index (χ2n) is 3.15. The van der Waals surface area contributed by atoms with Crippen molar-refractivity contribution >= 4 is 0 Å². The van der Waals surface area contributed by atoms with Gasteiger partial charge in [0.2, 0.25) is 0 Å². The predicted octanol–water partition coefficient (Wildman–Crippen LogP) is 2.96. The second-order valence-corrected chi connectivity index (χ2v) is 3.15. The van der Waals surface area contributed by atoms with Gasteiger partial charge in [0, 0.05) is 6.61 Å². The standard InChI is InChI=1S/C10H22O2/c1-5-7-8-11-10(4)12-9(3)6-2/h9-10H,5-8H2,1-4H3. The summed E-state index contributed by atoms with van der Waals surface area (Å²) in [7, 11) is 0. The van der Waals surface area contributed by atoms with Crippen LogP contribution in [0.3, 0.4) is 0 Å². The van der Waals surface area contributed by atoms with E-state index in [0.29, 0.717) is 6.10 Å². The molecule has 0 saturated heterocycles. The van der Waals surface area contributed by atoms with Crippen LogP contribution < -0.4 is 0 Å². The van der Waals surface area contributed by atoms with Crippen LogP contribution in [-0.2, 0) is 9.47 Å². The molecule has 0 bridgehead atoms. The van der Waals surface area contributed by atoms with Gasteiger partial charge in [0.15, 0.2) is 6.29 Å². The van der Waals surface area contributed by atoms with Crippen molar-refractivity contribution in [2.24, 2.45) is 0 Å². The molecule has 2 atom stereocenters. The molecule has 0 fully saturated rings. The van der Waals surface area contributed by atoms with Gasteiger partial charge in [-0.3, -0.25) is 0 Å². The molecule has 0 spiro atoms. The van der Waals surface area contributed by atoms with Crippen LogP contribution in [0.1, 0.15) is 47.0 Å². The molecule has 2 heteroatoms. The molecule has 0 aliphatic heterocycles. The molecule has 0 heterocycles. The largest absolute Gasteiger partial charge is 0.353 e. The average molecular weight is 174 g/mol. The van der Waals surface area contributed by atoms with Crippen LogP contribution in [0.2, 0.25) is 0 Å². The smallest absolute Gasteiger partial charge is 0.155 e. The summed E-state index contributed by atoms with van der Waals surface area (Å²) < 4.78 is 11.0. The van der Waals surface area contributed by atoms with Gasteiger partial charge in [-0.25, -0.2) is 0 Å². The van der Waals surface area contributed by atoms with E-state index in [2.05, 4.69) is 20.8 Å². The van der Waals surface area contributed by atoms with E-state index >= 15 is 0 Å². The SMILES string of the molecule is CCCCOC(C)OC(C)CC. The zero-order valence-electron chi connectivity index (χ0n) is 8.80. The molecule has 0 rings (SSSR count). The van der Waals surface area contributed by atoms with E-state index in [9.17, 15) is 0 Å². The fourth-order valence-corrected chi connectivity index (χ4v) is 0.856. The first-order chi connectivity index (χ1) is 5.70. The first-order valence-corrected chi connectivity index (χ1v) is 4.97. The third-order valence-corrected chi connectivity index (χ3v) is 1.85. The number of hydrogen-bond donors (Lipinski definition) is 0. The lowest BCUT2D eigenvalue weighted by atomic mass is 10.3. The zero-order chi connectivity index (χ0) is 9.40. The zero-order valence-corrected chi connectivity index (χ0v) is 8.80. The van der Waals surface area contributed by atoms with Crippen molar-refractivity contribution in [3.8, 4) is 0 Å². The fourth-order valence-electron chi connectivity index (χ4n) is 0.856. The summed E-state index contributed by atoms with van der Waals surface area (Å²) in [5, 5.41) is 0. The Labute approximate surface area is 76.3 Å². The number of rotatable bonds is 7. The van der Waals surface area contributed by atoms with Crippen LogP contribution >= 0.6 is 0 Å². The Kier molecular flexibility index (Phi) is 7.51. The predicted molar refractivity (Wildman–Crippen MR) is 51.2 cm³/mol. The molecule has 74 valence electrons. The maximum absolute atomic E-state index is 5.52. The average Bonchev–Trinajstić information content (AvgIpc) is 2.05. The lowest BCUT2D eigenvalue weighted by Crippen LogP contribution is -2.19. The molecule has 0 aliphatic carbocycles. The lowest BCUT2D eigenvalue weighted by Gasteiger charge is -2.18. The van der Waals surface area contributed by atoms with Crippen molar-refractivity contribution in [2.75, 3.05) is 6.61 Å². The highest BCUT2D eigenvalue weighted by Gasteiger charge is 2.05. The quantitative estimate of drug-likeness (QED) is 0.436. The van der Waals surface area contributed by atoms with Crippen LogP contribution in [0.15, 0.2) is 0 Å². The molecular weight excluding hydrogens is 152 g/mol. The number of unbranched alkanes of at least 4 members (excludes halogenated alkanes) is 1. The molecule has 0 amide bonds.